The van der Waals surface area contributed by atoms with Gasteiger partial charge in [0.15, 0.2) is 0 Å². The molecule has 0 radical (unpaired) electrons. The number of halogens is 2. The van der Waals surface area contributed by atoms with Crippen LogP contribution in [0.15, 0.2) is 12.1 Å². The molecular formula is C14H20Cl2O2. The summed E-state index contributed by atoms with van der Waals surface area (Å²) in [5, 5.41) is 11.3. The van der Waals surface area contributed by atoms with E-state index in [0.29, 0.717) is 28.0 Å². The molecule has 0 bridgehead atoms. The van der Waals surface area contributed by atoms with Crippen LogP contribution in [0.2, 0.25) is 10.0 Å². The Morgan fingerprint density at radius 3 is 2.28 bits per heavy atom. The van der Waals surface area contributed by atoms with Crippen molar-refractivity contribution in [1.82, 2.24) is 0 Å². The van der Waals surface area contributed by atoms with E-state index < -0.39 is 6.10 Å². The summed E-state index contributed by atoms with van der Waals surface area (Å²) in [6.07, 6.45) is 1.10. The molecule has 1 N–H and O–H groups in total. The molecule has 1 atom stereocenters. The lowest BCUT2D eigenvalue weighted by molar-refractivity contribution is 0.103. The van der Waals surface area contributed by atoms with Crippen LogP contribution in [0.1, 0.15) is 45.3 Å². The molecule has 4 heteroatoms. The smallest absolute Gasteiger partial charge is 0.138 e. The van der Waals surface area contributed by atoms with Crippen molar-refractivity contribution in [3.8, 4) is 5.75 Å². The number of aliphatic hydroxyl groups is 1. The first-order valence-corrected chi connectivity index (χ1v) is 7.11. The molecule has 0 heterocycles. The first kappa shape index (κ1) is 15.6. The fourth-order valence-electron chi connectivity index (χ4n) is 2.06. The molecule has 0 saturated heterocycles. The van der Waals surface area contributed by atoms with Gasteiger partial charge in [0.1, 0.15) is 5.75 Å². The van der Waals surface area contributed by atoms with Crippen LogP contribution in [-0.2, 0) is 0 Å². The quantitative estimate of drug-likeness (QED) is 0.811. The molecule has 1 unspecified atom stereocenters. The summed E-state index contributed by atoms with van der Waals surface area (Å²) in [4.78, 5) is 0. The molecule has 1 aromatic carbocycles. The van der Waals surface area contributed by atoms with Gasteiger partial charge in [-0.1, -0.05) is 49.9 Å². The van der Waals surface area contributed by atoms with E-state index in [-0.39, 0.29) is 5.92 Å². The van der Waals surface area contributed by atoms with Crippen molar-refractivity contribution >= 4 is 23.2 Å². The van der Waals surface area contributed by atoms with Crippen LogP contribution in [-0.4, -0.2) is 11.7 Å². The Morgan fingerprint density at radius 2 is 1.78 bits per heavy atom. The molecule has 0 amide bonds. The number of hydrogen-bond acceptors (Lipinski definition) is 2. The molecule has 0 aliphatic rings. The molecule has 0 aromatic heterocycles. The molecule has 102 valence electrons. The van der Waals surface area contributed by atoms with Crippen LogP contribution < -0.4 is 4.74 Å². The Bertz CT molecular complexity index is 390. The highest BCUT2D eigenvalue weighted by Crippen LogP contribution is 2.41. The van der Waals surface area contributed by atoms with Crippen molar-refractivity contribution in [3.05, 3.63) is 27.7 Å². The van der Waals surface area contributed by atoms with Gasteiger partial charge in [-0.25, -0.2) is 0 Å². The summed E-state index contributed by atoms with van der Waals surface area (Å²) in [6, 6.07) is 3.46. The normalized spacial score (nSPS) is 12.8. The van der Waals surface area contributed by atoms with Crippen molar-refractivity contribution in [2.45, 2.75) is 39.7 Å². The average molecular weight is 291 g/mol. The zero-order chi connectivity index (χ0) is 13.7. The number of benzene rings is 1. The third-order valence-corrected chi connectivity index (χ3v) is 3.90. The number of ether oxygens (including phenoxy) is 1. The number of hydrogen-bond donors (Lipinski definition) is 1. The molecule has 1 rings (SSSR count). The fourth-order valence-corrected chi connectivity index (χ4v) is 2.71. The Balaban J connectivity index is 3.17. The minimum atomic E-state index is -0.652. The second-order valence-electron chi connectivity index (χ2n) is 4.23. The Labute approximate surface area is 119 Å². The average Bonchev–Trinajstić information content (AvgIpc) is 2.35. The standard InChI is InChI=1S/C14H20Cl2O2/c1-4-9(5-2)14(17)12-10(15)7-8-11(13(12)16)18-6-3/h7-9,14,17H,4-6H2,1-3H3. The molecule has 0 spiro atoms. The van der Waals surface area contributed by atoms with Gasteiger partial charge in [0.05, 0.1) is 17.7 Å². The molecule has 0 aliphatic heterocycles. The van der Waals surface area contributed by atoms with Gasteiger partial charge in [0.2, 0.25) is 0 Å². The first-order chi connectivity index (χ1) is 8.56. The van der Waals surface area contributed by atoms with E-state index in [2.05, 4.69) is 0 Å². The summed E-state index contributed by atoms with van der Waals surface area (Å²) in [7, 11) is 0. The van der Waals surface area contributed by atoms with E-state index >= 15 is 0 Å². The summed E-state index contributed by atoms with van der Waals surface area (Å²) in [5.41, 5.74) is 0.581. The maximum Gasteiger partial charge on any atom is 0.138 e. The van der Waals surface area contributed by atoms with Gasteiger partial charge in [0, 0.05) is 10.6 Å². The van der Waals surface area contributed by atoms with Crippen LogP contribution in [0.25, 0.3) is 0 Å². The maximum atomic E-state index is 10.4. The maximum absolute atomic E-state index is 10.4. The lowest BCUT2D eigenvalue weighted by atomic mass is 9.91. The molecule has 1 aromatic rings. The van der Waals surface area contributed by atoms with Crippen LogP contribution >= 0.6 is 23.2 Å². The highest BCUT2D eigenvalue weighted by atomic mass is 35.5. The van der Waals surface area contributed by atoms with E-state index in [1.807, 2.05) is 20.8 Å². The second kappa shape index (κ2) is 7.22. The third kappa shape index (κ3) is 3.31. The fraction of sp³-hybridized carbons (Fsp3) is 0.571. The Hall–Kier alpha value is -0.440. The first-order valence-electron chi connectivity index (χ1n) is 6.35. The van der Waals surface area contributed by atoms with Crippen LogP contribution in [0.5, 0.6) is 5.75 Å². The van der Waals surface area contributed by atoms with E-state index in [1.165, 1.54) is 0 Å². The largest absolute Gasteiger partial charge is 0.492 e. The SMILES string of the molecule is CCOc1ccc(Cl)c(C(O)C(CC)CC)c1Cl. The third-order valence-electron chi connectivity index (χ3n) is 3.18. The summed E-state index contributed by atoms with van der Waals surface area (Å²) in [5.74, 6) is 0.723. The highest BCUT2D eigenvalue weighted by molar-refractivity contribution is 6.37. The zero-order valence-electron chi connectivity index (χ0n) is 11.0. The van der Waals surface area contributed by atoms with Crippen molar-refractivity contribution in [3.63, 3.8) is 0 Å². The van der Waals surface area contributed by atoms with E-state index in [1.54, 1.807) is 12.1 Å². The minimum Gasteiger partial charge on any atom is -0.492 e. The lowest BCUT2D eigenvalue weighted by Crippen LogP contribution is -2.12. The summed E-state index contributed by atoms with van der Waals surface area (Å²) < 4.78 is 5.43. The van der Waals surface area contributed by atoms with Gasteiger partial charge in [0.25, 0.3) is 0 Å². The molecule has 0 aliphatic carbocycles. The zero-order valence-corrected chi connectivity index (χ0v) is 12.6. The van der Waals surface area contributed by atoms with Gasteiger partial charge in [-0.3, -0.25) is 0 Å². The van der Waals surface area contributed by atoms with E-state index in [9.17, 15) is 5.11 Å². The van der Waals surface area contributed by atoms with Gasteiger partial charge < -0.3 is 9.84 Å². The molecule has 0 fully saturated rings. The molecular weight excluding hydrogens is 271 g/mol. The van der Waals surface area contributed by atoms with Gasteiger partial charge >= 0.3 is 0 Å². The molecule has 0 saturated carbocycles. The van der Waals surface area contributed by atoms with Crippen LogP contribution in [0, 0.1) is 5.92 Å². The Morgan fingerprint density at radius 1 is 1.17 bits per heavy atom. The summed E-state index contributed by atoms with van der Waals surface area (Å²) in [6.45, 7) is 6.51. The molecule has 18 heavy (non-hydrogen) atoms. The molecule has 2 nitrogen and oxygen atoms in total. The van der Waals surface area contributed by atoms with Crippen LogP contribution in [0.4, 0.5) is 0 Å². The van der Waals surface area contributed by atoms with Gasteiger partial charge in [-0.15, -0.1) is 0 Å². The van der Waals surface area contributed by atoms with E-state index in [4.69, 9.17) is 27.9 Å². The van der Waals surface area contributed by atoms with Crippen molar-refractivity contribution in [1.29, 1.82) is 0 Å². The second-order valence-corrected chi connectivity index (χ2v) is 5.01. The lowest BCUT2D eigenvalue weighted by Gasteiger charge is -2.23. The predicted molar refractivity (Wildman–Crippen MR) is 76.7 cm³/mol. The topological polar surface area (TPSA) is 29.5 Å². The summed E-state index contributed by atoms with van der Waals surface area (Å²) >= 11 is 12.4. The van der Waals surface area contributed by atoms with Crippen molar-refractivity contribution in [2.24, 2.45) is 5.92 Å². The Kier molecular flexibility index (Phi) is 6.27. The van der Waals surface area contributed by atoms with Gasteiger partial charge in [-0.05, 0) is 25.0 Å². The highest BCUT2D eigenvalue weighted by Gasteiger charge is 2.24. The number of aliphatic hydroxyl groups excluding tert-OH is 1. The van der Waals surface area contributed by atoms with Crippen molar-refractivity contribution in [2.75, 3.05) is 6.61 Å². The minimum absolute atomic E-state index is 0.150. The monoisotopic (exact) mass is 290 g/mol. The van der Waals surface area contributed by atoms with Crippen molar-refractivity contribution < 1.29 is 9.84 Å². The predicted octanol–water partition coefficient (Wildman–Crippen LogP) is 4.86. The van der Waals surface area contributed by atoms with Gasteiger partial charge in [-0.2, -0.15) is 0 Å². The van der Waals surface area contributed by atoms with Crippen LogP contribution in [0.3, 0.4) is 0 Å². The van der Waals surface area contributed by atoms with E-state index in [0.717, 1.165) is 12.8 Å². The number of rotatable bonds is 6.